The average Bonchev–Trinajstić information content (AvgIpc) is 3.26. The third-order valence-corrected chi connectivity index (χ3v) is 4.69. The molecule has 134 valence electrons. The van der Waals surface area contributed by atoms with Crippen molar-refractivity contribution >= 4 is 11.6 Å². The van der Waals surface area contributed by atoms with Crippen LogP contribution in [0.3, 0.4) is 0 Å². The first kappa shape index (κ1) is 17.5. The molecule has 0 radical (unpaired) electrons. The molecule has 2 aromatic rings. The van der Waals surface area contributed by atoms with Crippen LogP contribution in [0.5, 0.6) is 5.75 Å². The topological polar surface area (TPSA) is 67.6 Å². The van der Waals surface area contributed by atoms with Gasteiger partial charge in [0.2, 0.25) is 5.91 Å². The highest BCUT2D eigenvalue weighted by Crippen LogP contribution is 2.32. The third kappa shape index (κ3) is 4.02. The van der Waals surface area contributed by atoms with Gasteiger partial charge in [0.1, 0.15) is 5.75 Å². The largest absolute Gasteiger partial charge is 0.496 e. The van der Waals surface area contributed by atoms with Crippen LogP contribution in [0.15, 0.2) is 35.2 Å². The molecule has 3 rings (SSSR count). The summed E-state index contributed by atoms with van der Waals surface area (Å²) in [5, 5.41) is 2.98. The number of anilines is 1. The van der Waals surface area contributed by atoms with Crippen LogP contribution in [0, 0.1) is 0 Å². The summed E-state index contributed by atoms with van der Waals surface area (Å²) in [6.45, 7) is 5.45. The lowest BCUT2D eigenvalue weighted by molar-refractivity contribution is -0.117. The fourth-order valence-corrected chi connectivity index (χ4v) is 3.50. The van der Waals surface area contributed by atoms with Crippen molar-refractivity contribution in [2.45, 2.75) is 45.2 Å². The normalized spacial score (nSPS) is 17.8. The molecular weight excluding hydrogens is 318 g/mol. The second kappa shape index (κ2) is 7.70. The smallest absolute Gasteiger partial charge is 0.225 e. The Morgan fingerprint density at radius 2 is 2.32 bits per heavy atom. The maximum absolute atomic E-state index is 12.4. The average molecular weight is 343 g/mol. The van der Waals surface area contributed by atoms with Crippen molar-refractivity contribution in [3.05, 3.63) is 30.8 Å². The van der Waals surface area contributed by atoms with Crippen LogP contribution < -0.4 is 10.1 Å². The van der Waals surface area contributed by atoms with E-state index in [0.29, 0.717) is 30.0 Å². The van der Waals surface area contributed by atoms with Crippen LogP contribution in [0.2, 0.25) is 0 Å². The summed E-state index contributed by atoms with van der Waals surface area (Å²) in [6.07, 6.45) is 5.78. The number of likely N-dealkylation sites (tertiary alicyclic amines) is 1. The van der Waals surface area contributed by atoms with Crippen LogP contribution in [-0.4, -0.2) is 41.5 Å². The van der Waals surface area contributed by atoms with E-state index in [-0.39, 0.29) is 5.91 Å². The number of carbonyl (C=O) groups excluding carboxylic acids is 1. The molecule has 0 bridgehead atoms. The lowest BCUT2D eigenvalue weighted by Crippen LogP contribution is -2.37. The third-order valence-electron chi connectivity index (χ3n) is 4.69. The SMILES string of the molecule is COc1cc(NC(=O)C[C@@H]2CCCN2C(C)C)ccc1-c1cnco1. The summed E-state index contributed by atoms with van der Waals surface area (Å²) in [4.78, 5) is 18.8. The summed E-state index contributed by atoms with van der Waals surface area (Å²) in [5.41, 5.74) is 1.53. The van der Waals surface area contributed by atoms with E-state index in [4.69, 9.17) is 9.15 Å². The number of nitrogens with one attached hydrogen (secondary N) is 1. The molecule has 1 aromatic carbocycles. The summed E-state index contributed by atoms with van der Waals surface area (Å²) in [5.74, 6) is 1.31. The Bertz CT molecular complexity index is 713. The Morgan fingerprint density at radius 1 is 1.48 bits per heavy atom. The van der Waals surface area contributed by atoms with Crippen molar-refractivity contribution in [1.29, 1.82) is 0 Å². The van der Waals surface area contributed by atoms with Gasteiger partial charge in [-0.05, 0) is 45.4 Å². The fourth-order valence-electron chi connectivity index (χ4n) is 3.50. The monoisotopic (exact) mass is 343 g/mol. The number of benzene rings is 1. The van der Waals surface area contributed by atoms with Crippen LogP contribution in [-0.2, 0) is 4.79 Å². The Balaban J connectivity index is 1.67. The standard InChI is InChI=1S/C19H25N3O3/c1-13(2)22-8-4-5-15(22)10-19(23)21-14-6-7-16(17(9-14)24-3)18-11-20-12-25-18/h6-7,9,11-13,15H,4-5,8,10H2,1-3H3,(H,21,23)/t15-/m0/s1. The number of nitrogens with zero attached hydrogens (tertiary/aromatic N) is 2. The molecule has 25 heavy (non-hydrogen) atoms. The van der Waals surface area contributed by atoms with E-state index in [1.807, 2.05) is 18.2 Å². The summed E-state index contributed by atoms with van der Waals surface area (Å²) in [7, 11) is 1.60. The Hall–Kier alpha value is -2.34. The molecule has 0 unspecified atom stereocenters. The molecule has 1 fully saturated rings. The molecule has 1 aliphatic heterocycles. The Morgan fingerprint density at radius 3 is 3.00 bits per heavy atom. The molecule has 1 amide bonds. The van der Waals surface area contributed by atoms with Gasteiger partial charge in [0.25, 0.3) is 0 Å². The molecule has 1 atom stereocenters. The summed E-state index contributed by atoms with van der Waals surface area (Å²) >= 11 is 0. The number of oxazole rings is 1. The molecular formula is C19H25N3O3. The van der Waals surface area contributed by atoms with Crippen molar-refractivity contribution in [2.24, 2.45) is 0 Å². The van der Waals surface area contributed by atoms with Gasteiger partial charge in [0.15, 0.2) is 12.2 Å². The molecule has 2 heterocycles. The molecule has 0 spiro atoms. The van der Waals surface area contributed by atoms with Gasteiger partial charge in [0.05, 0.1) is 18.9 Å². The van der Waals surface area contributed by atoms with Gasteiger partial charge < -0.3 is 14.5 Å². The highest BCUT2D eigenvalue weighted by atomic mass is 16.5. The molecule has 1 saturated heterocycles. The van der Waals surface area contributed by atoms with Crippen molar-refractivity contribution in [1.82, 2.24) is 9.88 Å². The van der Waals surface area contributed by atoms with Crippen molar-refractivity contribution in [3.8, 4) is 17.1 Å². The quantitative estimate of drug-likeness (QED) is 0.869. The number of carbonyl (C=O) groups is 1. The van der Waals surface area contributed by atoms with Gasteiger partial charge in [0, 0.05) is 30.3 Å². The second-order valence-corrected chi connectivity index (χ2v) is 6.66. The van der Waals surface area contributed by atoms with Crippen LogP contribution in [0.1, 0.15) is 33.1 Å². The first-order chi connectivity index (χ1) is 12.1. The first-order valence-corrected chi connectivity index (χ1v) is 8.71. The van der Waals surface area contributed by atoms with Gasteiger partial charge in [-0.2, -0.15) is 0 Å². The zero-order chi connectivity index (χ0) is 17.8. The van der Waals surface area contributed by atoms with Crippen LogP contribution in [0.4, 0.5) is 5.69 Å². The maximum atomic E-state index is 12.4. The van der Waals surface area contributed by atoms with E-state index < -0.39 is 0 Å². The number of rotatable bonds is 6. The lowest BCUT2D eigenvalue weighted by atomic mass is 10.1. The number of hydrogen-bond donors (Lipinski definition) is 1. The van der Waals surface area contributed by atoms with Gasteiger partial charge >= 0.3 is 0 Å². The van der Waals surface area contributed by atoms with Gasteiger partial charge in [-0.25, -0.2) is 4.98 Å². The van der Waals surface area contributed by atoms with Crippen molar-refractivity contribution in [2.75, 3.05) is 19.0 Å². The van der Waals surface area contributed by atoms with Gasteiger partial charge in [-0.1, -0.05) is 0 Å². The Labute approximate surface area is 148 Å². The number of amides is 1. The minimum absolute atomic E-state index is 0.0343. The lowest BCUT2D eigenvalue weighted by Gasteiger charge is -2.27. The highest BCUT2D eigenvalue weighted by Gasteiger charge is 2.28. The summed E-state index contributed by atoms with van der Waals surface area (Å²) < 4.78 is 10.7. The van der Waals surface area contributed by atoms with Gasteiger partial charge in [-0.3, -0.25) is 9.69 Å². The number of aromatic nitrogens is 1. The molecule has 0 aliphatic carbocycles. The van der Waals surface area contributed by atoms with Gasteiger partial charge in [-0.15, -0.1) is 0 Å². The predicted octanol–water partition coefficient (Wildman–Crippen LogP) is 3.55. The van der Waals surface area contributed by atoms with E-state index in [9.17, 15) is 4.79 Å². The molecule has 1 N–H and O–H groups in total. The van der Waals surface area contributed by atoms with E-state index in [1.54, 1.807) is 13.3 Å². The first-order valence-electron chi connectivity index (χ1n) is 8.71. The minimum Gasteiger partial charge on any atom is -0.496 e. The molecule has 0 saturated carbocycles. The van der Waals surface area contributed by atoms with Crippen LogP contribution >= 0.6 is 0 Å². The van der Waals surface area contributed by atoms with Crippen LogP contribution in [0.25, 0.3) is 11.3 Å². The van der Waals surface area contributed by atoms with E-state index in [2.05, 4.69) is 29.0 Å². The second-order valence-electron chi connectivity index (χ2n) is 6.66. The predicted molar refractivity (Wildman–Crippen MR) is 96.6 cm³/mol. The van der Waals surface area contributed by atoms with E-state index >= 15 is 0 Å². The molecule has 6 nitrogen and oxygen atoms in total. The maximum Gasteiger partial charge on any atom is 0.225 e. The molecule has 6 heteroatoms. The van der Waals surface area contributed by atoms with E-state index in [1.165, 1.54) is 6.39 Å². The van der Waals surface area contributed by atoms with Crippen molar-refractivity contribution in [3.63, 3.8) is 0 Å². The zero-order valence-corrected chi connectivity index (χ0v) is 15.0. The highest BCUT2D eigenvalue weighted by molar-refractivity contribution is 5.92. The number of ether oxygens (including phenoxy) is 1. The minimum atomic E-state index is 0.0343. The molecule has 1 aromatic heterocycles. The van der Waals surface area contributed by atoms with E-state index in [0.717, 1.165) is 30.6 Å². The summed E-state index contributed by atoms with van der Waals surface area (Å²) in [6, 6.07) is 6.33. The zero-order valence-electron chi connectivity index (χ0n) is 15.0. The Kier molecular flexibility index (Phi) is 5.38. The fraction of sp³-hybridized carbons (Fsp3) is 0.474. The molecule has 1 aliphatic rings. The number of hydrogen-bond acceptors (Lipinski definition) is 5. The van der Waals surface area contributed by atoms with Crippen molar-refractivity contribution < 1.29 is 13.9 Å². The number of methoxy groups -OCH3 is 1.